The molecule has 2 aromatic heterocycles. The van der Waals surface area contributed by atoms with E-state index in [1.54, 1.807) is 18.2 Å². The van der Waals surface area contributed by atoms with Gasteiger partial charge < -0.3 is 9.84 Å². The third-order valence-corrected chi connectivity index (χ3v) is 10.1. The maximum atomic E-state index is 12.4. The molecule has 0 aliphatic carbocycles. The number of hydrogen-bond donors (Lipinski definition) is 4. The molecule has 0 unspecified atom stereocenters. The molecule has 0 saturated heterocycles. The SMILES string of the molecule is COc1ccc2nc(-[n+]3nc(-c4ccc(C)cc4S(=O)(=O)O)nn3-c3cc(S(=O)(=O)O)c([N+](=O)[O-])c(S(=O)(=O)O)c3CO)sc2c1. The van der Waals surface area contributed by atoms with Crippen molar-refractivity contribution in [3.8, 4) is 28.0 Å². The topological polar surface area (TPSA) is 283 Å². The molecule has 3 aromatic carbocycles. The zero-order chi connectivity index (χ0) is 33.9. The molecular weight excluding hydrogens is 697 g/mol. The number of thiazole rings is 1. The van der Waals surface area contributed by atoms with Gasteiger partial charge in [-0.3, -0.25) is 23.8 Å². The van der Waals surface area contributed by atoms with Crippen LogP contribution in [0.15, 0.2) is 57.2 Å². The second-order valence-corrected chi connectivity index (χ2v) is 14.5. The van der Waals surface area contributed by atoms with Crippen LogP contribution in [-0.2, 0) is 37.0 Å². The van der Waals surface area contributed by atoms with E-state index >= 15 is 0 Å². The minimum atomic E-state index is -5.70. The number of aliphatic hydroxyl groups is 1. The number of tetrazole rings is 1. The summed E-state index contributed by atoms with van der Waals surface area (Å²) in [6.07, 6.45) is 0. The van der Waals surface area contributed by atoms with E-state index in [0.717, 1.165) is 22.2 Å². The molecule has 46 heavy (non-hydrogen) atoms. The van der Waals surface area contributed by atoms with Crippen LogP contribution in [0.3, 0.4) is 0 Å². The number of benzene rings is 3. The fourth-order valence-electron chi connectivity index (χ4n) is 4.43. The third-order valence-electron chi connectivity index (χ3n) is 6.36. The van der Waals surface area contributed by atoms with E-state index in [2.05, 4.69) is 15.2 Å². The molecule has 0 spiro atoms. The molecule has 0 saturated carbocycles. The molecule has 0 fully saturated rings. The first-order chi connectivity index (χ1) is 21.3. The summed E-state index contributed by atoms with van der Waals surface area (Å²) in [6, 6.07) is 8.89. The van der Waals surface area contributed by atoms with Crippen LogP contribution in [0.25, 0.3) is 32.4 Å². The van der Waals surface area contributed by atoms with Gasteiger partial charge in [0, 0.05) is 16.7 Å². The number of nitrogens with zero attached hydrogens (tertiary/aromatic N) is 6. The van der Waals surface area contributed by atoms with Crippen molar-refractivity contribution in [3.63, 3.8) is 0 Å². The van der Waals surface area contributed by atoms with Gasteiger partial charge in [0.1, 0.15) is 16.3 Å². The molecule has 0 radical (unpaired) electrons. The second kappa shape index (κ2) is 11.4. The predicted molar refractivity (Wildman–Crippen MR) is 155 cm³/mol. The highest BCUT2D eigenvalue weighted by molar-refractivity contribution is 7.87. The largest absolute Gasteiger partial charge is 0.497 e. The van der Waals surface area contributed by atoms with Crippen LogP contribution in [0.2, 0.25) is 0 Å². The van der Waals surface area contributed by atoms with Gasteiger partial charge in [0.15, 0.2) is 15.3 Å². The van der Waals surface area contributed by atoms with Gasteiger partial charge in [-0.15, -0.1) is 0 Å². The van der Waals surface area contributed by atoms with Crippen LogP contribution in [-0.4, -0.2) is 76.0 Å². The molecule has 0 aliphatic heterocycles. The van der Waals surface area contributed by atoms with Gasteiger partial charge in [0.2, 0.25) is 0 Å². The summed E-state index contributed by atoms with van der Waals surface area (Å²) in [5, 5.41) is 30.4. The second-order valence-electron chi connectivity index (χ2n) is 9.32. The highest BCUT2D eigenvalue weighted by atomic mass is 32.2. The zero-order valence-corrected chi connectivity index (χ0v) is 26.3. The summed E-state index contributed by atoms with van der Waals surface area (Å²) in [5.41, 5.74) is -3.07. The molecule has 23 heteroatoms. The Labute approximate surface area is 262 Å². The summed E-state index contributed by atoms with van der Waals surface area (Å²) in [5.74, 6) is -0.0608. The van der Waals surface area contributed by atoms with Crippen molar-refractivity contribution >= 4 is 57.6 Å². The number of fused-ring (bicyclic) bond motifs is 1. The smallest absolute Gasteiger partial charge is 0.365 e. The number of aliphatic hydroxyl groups excluding tert-OH is 1. The van der Waals surface area contributed by atoms with E-state index in [-0.39, 0.29) is 10.7 Å². The maximum Gasteiger partial charge on any atom is 0.365 e. The Hall–Kier alpha value is -4.49. The summed E-state index contributed by atoms with van der Waals surface area (Å²) in [7, 11) is -14.8. The average Bonchev–Trinajstić information content (AvgIpc) is 3.58. The van der Waals surface area contributed by atoms with E-state index in [1.165, 1.54) is 26.2 Å². The average molecular weight is 716 g/mol. The lowest BCUT2D eigenvalue weighted by atomic mass is 10.1. The molecule has 5 rings (SSSR count). The monoisotopic (exact) mass is 715 g/mol. The van der Waals surface area contributed by atoms with Crippen LogP contribution in [0.4, 0.5) is 5.69 Å². The van der Waals surface area contributed by atoms with Gasteiger partial charge in [-0.05, 0) is 57.5 Å². The van der Waals surface area contributed by atoms with Crippen LogP contribution in [0.1, 0.15) is 11.1 Å². The number of nitro groups is 1. The van der Waals surface area contributed by atoms with Gasteiger partial charge in [0.05, 0.1) is 28.9 Å². The molecular formula is C23H19N6O13S4+. The summed E-state index contributed by atoms with van der Waals surface area (Å²) >= 11 is 0.925. The van der Waals surface area contributed by atoms with E-state index in [9.17, 15) is 54.1 Å². The number of aromatic nitrogens is 5. The van der Waals surface area contributed by atoms with E-state index < -0.39 is 79.3 Å². The van der Waals surface area contributed by atoms with Crippen molar-refractivity contribution in [2.24, 2.45) is 0 Å². The maximum absolute atomic E-state index is 12.4. The predicted octanol–water partition coefficient (Wildman–Crippen LogP) is 1.28. The summed E-state index contributed by atoms with van der Waals surface area (Å²) in [4.78, 5) is 12.3. The van der Waals surface area contributed by atoms with Crippen LogP contribution in [0.5, 0.6) is 5.75 Å². The Balaban J connectivity index is 1.97. The van der Waals surface area contributed by atoms with Gasteiger partial charge in [-0.1, -0.05) is 22.4 Å². The Kier molecular flexibility index (Phi) is 8.14. The Morgan fingerprint density at radius 3 is 2.22 bits per heavy atom. The Bertz CT molecular complexity index is 2420. The van der Waals surface area contributed by atoms with Crippen molar-refractivity contribution in [2.45, 2.75) is 28.2 Å². The number of nitro benzene ring substituents is 1. The van der Waals surface area contributed by atoms with Gasteiger partial charge in [-0.2, -0.15) is 25.3 Å². The van der Waals surface area contributed by atoms with E-state index in [0.29, 0.717) is 32.4 Å². The van der Waals surface area contributed by atoms with Crippen molar-refractivity contribution in [1.82, 2.24) is 20.0 Å². The standard InChI is InChI=1S/C23H18N6O13S4/c1-11-3-5-13(18(7-11)44(33,34)35)22-25-27(28(26-22)23-24-15-6-4-12(42-2)8-17(15)43-23)16-9-19(45(36,37)38)20(29(31)32)21(14(16)10-30)46(39,40)41/h3-9,30H,10H2,1-2H3,(H2-,33,34,35,36,37,38,39,40,41)/p+1. The van der Waals surface area contributed by atoms with E-state index in [1.807, 2.05) is 0 Å². The normalized spacial score (nSPS) is 12.5. The molecule has 4 N–H and O–H groups in total. The Morgan fingerprint density at radius 1 is 0.978 bits per heavy atom. The third kappa shape index (κ3) is 5.92. The fourth-order valence-corrected chi connectivity index (χ4v) is 7.80. The molecule has 0 amide bonds. The number of aryl methyl sites for hydroxylation is 1. The van der Waals surface area contributed by atoms with Crippen molar-refractivity contribution in [2.75, 3.05) is 7.11 Å². The van der Waals surface area contributed by atoms with Crippen LogP contribution < -0.4 is 9.53 Å². The van der Waals surface area contributed by atoms with Crippen molar-refractivity contribution in [3.05, 3.63) is 63.7 Å². The molecule has 0 bridgehead atoms. The highest BCUT2D eigenvalue weighted by Gasteiger charge is 2.40. The minimum Gasteiger partial charge on any atom is -0.497 e. The first-order valence-corrected chi connectivity index (χ1v) is 17.3. The number of hydrogen-bond acceptors (Lipinski definition) is 14. The van der Waals surface area contributed by atoms with Gasteiger partial charge in [-0.25, -0.2) is 0 Å². The van der Waals surface area contributed by atoms with Crippen molar-refractivity contribution in [1.29, 1.82) is 0 Å². The summed E-state index contributed by atoms with van der Waals surface area (Å²) in [6.45, 7) is 0.141. The van der Waals surface area contributed by atoms with Crippen molar-refractivity contribution < 1.29 is 58.5 Å². The lowest BCUT2D eigenvalue weighted by molar-refractivity contribution is -0.734. The molecule has 19 nitrogen and oxygen atoms in total. The lowest BCUT2D eigenvalue weighted by Crippen LogP contribution is -2.43. The zero-order valence-electron chi connectivity index (χ0n) is 23.0. The number of rotatable bonds is 9. The number of methoxy groups -OCH3 is 1. The first kappa shape index (κ1) is 32.9. The highest BCUT2D eigenvalue weighted by Crippen LogP contribution is 2.38. The molecule has 0 atom stereocenters. The molecule has 0 aliphatic rings. The minimum absolute atomic E-state index is 0.0911. The van der Waals surface area contributed by atoms with E-state index in [4.69, 9.17) is 4.74 Å². The van der Waals surface area contributed by atoms with Crippen LogP contribution >= 0.6 is 11.3 Å². The molecule has 2 heterocycles. The summed E-state index contributed by atoms with van der Waals surface area (Å²) < 4.78 is 110. The fraction of sp³-hybridized carbons (Fsp3) is 0.130. The Morgan fingerprint density at radius 2 is 1.65 bits per heavy atom. The lowest BCUT2D eigenvalue weighted by Gasteiger charge is -2.12. The first-order valence-electron chi connectivity index (χ1n) is 12.2. The number of ether oxygens (including phenoxy) is 1. The molecule has 5 aromatic rings. The van der Waals surface area contributed by atoms with Gasteiger partial charge >= 0.3 is 31.1 Å². The van der Waals surface area contributed by atoms with Crippen LogP contribution in [0, 0.1) is 17.0 Å². The quantitative estimate of drug-likeness (QED) is 0.0723. The van der Waals surface area contributed by atoms with Gasteiger partial charge in [0.25, 0.3) is 15.9 Å². The molecule has 242 valence electrons.